The molecule has 4 N–H and O–H groups in total. The van der Waals surface area contributed by atoms with Crippen molar-refractivity contribution < 1.29 is 38.7 Å². The van der Waals surface area contributed by atoms with Gasteiger partial charge in [0.1, 0.15) is 0 Å². The van der Waals surface area contributed by atoms with Crippen LogP contribution in [0.2, 0.25) is 0 Å². The lowest BCUT2D eigenvalue weighted by Gasteiger charge is -2.14. The second kappa shape index (κ2) is 27.3. The lowest BCUT2D eigenvalue weighted by molar-refractivity contribution is -0.138. The molecule has 0 spiro atoms. The van der Waals surface area contributed by atoms with Gasteiger partial charge in [-0.2, -0.15) is 0 Å². The average Bonchev–Trinajstić information content (AvgIpc) is 2.73. The molecule has 0 aromatic rings. The van der Waals surface area contributed by atoms with E-state index in [1.165, 1.54) is 38.5 Å². The van der Waals surface area contributed by atoms with E-state index in [1.54, 1.807) is 0 Å². The van der Waals surface area contributed by atoms with E-state index in [0.717, 1.165) is 51.4 Å². The van der Waals surface area contributed by atoms with E-state index in [0.29, 0.717) is 12.8 Å². The third-order valence-corrected chi connectivity index (χ3v) is 5.50. The Kier molecular flexibility index (Phi) is 30.3. The first-order valence-corrected chi connectivity index (χ1v) is 14.2. The van der Waals surface area contributed by atoms with Crippen molar-refractivity contribution in [2.75, 3.05) is 6.61 Å². The number of rotatable bonds is 19. The Morgan fingerprint density at radius 2 is 1.09 bits per heavy atom. The zero-order chi connectivity index (χ0) is 26.0. The molecule has 0 rings (SSSR count). The number of carboxylic acids is 2. The number of unbranched alkanes of at least 4 members (excludes halogenated alkanes) is 9. The van der Waals surface area contributed by atoms with Crippen LogP contribution in [0, 0.1) is 5.92 Å². The van der Waals surface area contributed by atoms with E-state index in [9.17, 15) is 14.2 Å². The molecule has 0 aliphatic heterocycles. The predicted octanol–water partition coefficient (Wildman–Crippen LogP) is 7.18. The van der Waals surface area contributed by atoms with Crippen molar-refractivity contribution in [3.63, 3.8) is 0 Å². The predicted molar refractivity (Wildman–Crippen MR) is 133 cm³/mol. The number of carbonyl (C=O) groups is 2. The van der Waals surface area contributed by atoms with E-state index in [2.05, 4.69) is 25.3 Å². The number of aliphatic carboxylic acids is 2. The molecule has 200 valence electrons. The standard InChI is InChI=1S/C8H19O4P.2C8H16O2/c1-3-5-6-8(4-2)7-12-13(9,10)11;2*1-2-3-4-5-6-7-8(9)10/h8H,3-7H2,1-2H3,(H2,9,10,11);2*2-7H2,1H3,(H,9,10). The normalized spacial score (nSPS) is 11.6. The van der Waals surface area contributed by atoms with Crippen LogP contribution in [0.5, 0.6) is 0 Å². The Labute approximate surface area is 201 Å². The number of phosphoric ester groups is 1. The molecule has 9 heteroatoms. The highest BCUT2D eigenvalue weighted by atomic mass is 31.2. The van der Waals surface area contributed by atoms with Gasteiger partial charge < -0.3 is 20.0 Å². The van der Waals surface area contributed by atoms with Crippen LogP contribution in [0.15, 0.2) is 0 Å². The van der Waals surface area contributed by atoms with Crippen molar-refractivity contribution in [1.82, 2.24) is 0 Å². The van der Waals surface area contributed by atoms with Gasteiger partial charge in [0, 0.05) is 12.8 Å². The molecule has 0 aliphatic rings. The van der Waals surface area contributed by atoms with E-state index in [4.69, 9.17) is 20.0 Å². The molecular formula is C24H51O8P. The number of phosphoric acid groups is 1. The minimum Gasteiger partial charge on any atom is -0.481 e. The fourth-order valence-corrected chi connectivity index (χ4v) is 3.27. The van der Waals surface area contributed by atoms with Gasteiger partial charge in [-0.05, 0) is 25.2 Å². The molecule has 0 heterocycles. The van der Waals surface area contributed by atoms with Crippen molar-refractivity contribution in [2.45, 2.75) is 130 Å². The van der Waals surface area contributed by atoms with Gasteiger partial charge >= 0.3 is 19.8 Å². The van der Waals surface area contributed by atoms with Crippen LogP contribution in [0.3, 0.4) is 0 Å². The summed E-state index contributed by atoms with van der Waals surface area (Å²) >= 11 is 0. The summed E-state index contributed by atoms with van der Waals surface area (Å²) in [7, 11) is -4.26. The lowest BCUT2D eigenvalue weighted by atomic mass is 10.0. The summed E-state index contributed by atoms with van der Waals surface area (Å²) < 4.78 is 14.8. The molecule has 0 saturated carbocycles. The zero-order valence-electron chi connectivity index (χ0n) is 21.5. The summed E-state index contributed by atoms with van der Waals surface area (Å²) in [5, 5.41) is 16.5. The summed E-state index contributed by atoms with van der Waals surface area (Å²) in [6.45, 7) is 8.56. The number of carboxylic acid groups (broad SMARTS) is 2. The largest absolute Gasteiger partial charge is 0.481 e. The molecule has 0 amide bonds. The van der Waals surface area contributed by atoms with Gasteiger partial charge in [0.2, 0.25) is 0 Å². The zero-order valence-corrected chi connectivity index (χ0v) is 22.4. The fraction of sp³-hybridized carbons (Fsp3) is 0.917. The third-order valence-electron chi connectivity index (χ3n) is 5.01. The van der Waals surface area contributed by atoms with Crippen molar-refractivity contribution in [3.05, 3.63) is 0 Å². The Bertz CT molecular complexity index is 455. The van der Waals surface area contributed by atoms with E-state index in [-0.39, 0.29) is 12.5 Å². The maximum absolute atomic E-state index is 10.4. The first-order chi connectivity index (χ1) is 15.5. The van der Waals surface area contributed by atoms with E-state index < -0.39 is 19.8 Å². The van der Waals surface area contributed by atoms with Crippen molar-refractivity contribution in [1.29, 1.82) is 0 Å². The highest BCUT2D eigenvalue weighted by molar-refractivity contribution is 7.46. The summed E-state index contributed by atoms with van der Waals surface area (Å²) in [6, 6.07) is 0. The average molecular weight is 499 g/mol. The van der Waals surface area contributed by atoms with E-state index in [1.807, 2.05) is 6.92 Å². The first kappa shape index (κ1) is 36.6. The first-order valence-electron chi connectivity index (χ1n) is 12.7. The summed E-state index contributed by atoms with van der Waals surface area (Å²) in [5.41, 5.74) is 0. The van der Waals surface area contributed by atoms with Crippen molar-refractivity contribution >= 4 is 19.8 Å². The molecule has 0 fully saturated rings. The third kappa shape index (κ3) is 41.8. The van der Waals surface area contributed by atoms with Crippen LogP contribution < -0.4 is 0 Å². The van der Waals surface area contributed by atoms with Gasteiger partial charge in [0.15, 0.2) is 0 Å². The van der Waals surface area contributed by atoms with Gasteiger partial charge in [-0.3, -0.25) is 14.1 Å². The molecule has 33 heavy (non-hydrogen) atoms. The van der Waals surface area contributed by atoms with Crippen LogP contribution in [-0.4, -0.2) is 38.5 Å². The maximum atomic E-state index is 10.4. The minimum atomic E-state index is -4.26. The molecule has 0 saturated heterocycles. The molecular weight excluding hydrogens is 447 g/mol. The SMILES string of the molecule is CCCCC(CC)COP(=O)(O)O.CCCCCCCC(=O)O.CCCCCCCC(=O)O. The molecule has 0 radical (unpaired) electrons. The quantitative estimate of drug-likeness (QED) is 0.108. The monoisotopic (exact) mass is 498 g/mol. The van der Waals surface area contributed by atoms with Crippen molar-refractivity contribution in [3.8, 4) is 0 Å². The highest BCUT2D eigenvalue weighted by Gasteiger charge is 2.16. The van der Waals surface area contributed by atoms with Gasteiger partial charge in [-0.25, -0.2) is 4.57 Å². The topological polar surface area (TPSA) is 141 Å². The lowest BCUT2D eigenvalue weighted by Crippen LogP contribution is -2.07. The van der Waals surface area contributed by atoms with Gasteiger partial charge in [0.05, 0.1) is 6.61 Å². The fourth-order valence-electron chi connectivity index (χ4n) is 2.86. The maximum Gasteiger partial charge on any atom is 0.469 e. The smallest absolute Gasteiger partial charge is 0.469 e. The highest BCUT2D eigenvalue weighted by Crippen LogP contribution is 2.36. The Balaban J connectivity index is -0.000000415. The van der Waals surface area contributed by atoms with Crippen LogP contribution >= 0.6 is 7.82 Å². The van der Waals surface area contributed by atoms with Crippen LogP contribution in [0.1, 0.15) is 130 Å². The van der Waals surface area contributed by atoms with E-state index >= 15 is 0 Å². The summed E-state index contributed by atoms with van der Waals surface area (Å²) in [5.74, 6) is -1.07. The van der Waals surface area contributed by atoms with Crippen molar-refractivity contribution in [2.24, 2.45) is 5.92 Å². The van der Waals surface area contributed by atoms with Gasteiger partial charge in [0.25, 0.3) is 0 Å². The number of hydrogen-bond donors (Lipinski definition) is 4. The minimum absolute atomic E-state index is 0.167. The second-order valence-electron chi connectivity index (χ2n) is 8.32. The molecule has 1 unspecified atom stereocenters. The van der Waals surface area contributed by atoms with Gasteiger partial charge in [-0.15, -0.1) is 0 Å². The Hall–Kier alpha value is -0.950. The Morgan fingerprint density at radius 3 is 1.39 bits per heavy atom. The second-order valence-corrected chi connectivity index (χ2v) is 9.56. The molecule has 0 aliphatic carbocycles. The van der Waals surface area contributed by atoms with Crippen LogP contribution in [0.4, 0.5) is 0 Å². The molecule has 0 bridgehead atoms. The van der Waals surface area contributed by atoms with Crippen LogP contribution in [0.25, 0.3) is 0 Å². The Morgan fingerprint density at radius 1 is 0.697 bits per heavy atom. The molecule has 1 atom stereocenters. The summed E-state index contributed by atoms with van der Waals surface area (Å²) in [6.07, 6.45) is 15.8. The molecule has 0 aromatic heterocycles. The number of hydrogen-bond acceptors (Lipinski definition) is 4. The molecule has 0 aromatic carbocycles. The van der Waals surface area contributed by atoms with Crippen LogP contribution in [-0.2, 0) is 18.7 Å². The summed E-state index contributed by atoms with van der Waals surface area (Å²) in [4.78, 5) is 37.0. The van der Waals surface area contributed by atoms with Gasteiger partial charge in [-0.1, -0.05) is 98.3 Å². The molecule has 8 nitrogen and oxygen atoms in total.